The van der Waals surface area contributed by atoms with Crippen LogP contribution in [0.15, 0.2) is 54.6 Å². The summed E-state index contributed by atoms with van der Waals surface area (Å²) in [4.78, 5) is 14.5. The highest BCUT2D eigenvalue weighted by atomic mass is 16.5. The largest absolute Gasteiger partial charge is 0.497 e. The van der Waals surface area contributed by atoms with E-state index in [1.54, 1.807) is 7.11 Å². The Kier molecular flexibility index (Phi) is 4.66. The molecule has 1 N–H and O–H groups in total. The first-order valence-corrected chi connectivity index (χ1v) is 9.03. The van der Waals surface area contributed by atoms with Gasteiger partial charge < -0.3 is 14.8 Å². The summed E-state index contributed by atoms with van der Waals surface area (Å²) in [6.07, 6.45) is 0.777. The summed E-state index contributed by atoms with van der Waals surface area (Å²) < 4.78 is 11.3. The van der Waals surface area contributed by atoms with Gasteiger partial charge in [0.25, 0.3) is 0 Å². The van der Waals surface area contributed by atoms with E-state index in [9.17, 15) is 4.79 Å². The first-order valence-electron chi connectivity index (χ1n) is 9.03. The minimum Gasteiger partial charge on any atom is -0.497 e. The number of nitrogens with zero attached hydrogens (tertiary/aromatic N) is 1. The van der Waals surface area contributed by atoms with Gasteiger partial charge in [-0.3, -0.25) is 9.69 Å². The lowest BCUT2D eigenvalue weighted by atomic mass is 9.77. The molecule has 2 atom stereocenters. The zero-order valence-corrected chi connectivity index (χ0v) is 15.0. The molecule has 2 fully saturated rings. The number of methoxy groups -OCH3 is 1. The molecule has 26 heavy (non-hydrogen) atoms. The average molecular weight is 352 g/mol. The van der Waals surface area contributed by atoms with Crippen LogP contribution in [0.2, 0.25) is 0 Å². The van der Waals surface area contributed by atoms with Crippen LogP contribution >= 0.6 is 0 Å². The molecule has 2 heterocycles. The van der Waals surface area contributed by atoms with E-state index in [2.05, 4.69) is 34.5 Å². The fraction of sp³-hybridized carbons (Fsp3) is 0.381. The van der Waals surface area contributed by atoms with Gasteiger partial charge in [0.05, 0.1) is 18.8 Å². The molecular formula is C21H24N2O3. The number of nitrogens with one attached hydrogen (secondary N) is 1. The molecule has 2 aliphatic heterocycles. The summed E-state index contributed by atoms with van der Waals surface area (Å²) in [5.41, 5.74) is 1.91. The van der Waals surface area contributed by atoms with Crippen LogP contribution in [-0.4, -0.2) is 43.7 Å². The highest BCUT2D eigenvalue weighted by molar-refractivity contribution is 5.79. The van der Waals surface area contributed by atoms with Gasteiger partial charge in [0.15, 0.2) is 0 Å². The standard InChI is InChI=1S/C21H24N2O3/c1-25-18-9-5-6-16(12-18)13-23-11-10-21(17-7-3-2-4-8-17)19(14-23)26-15-20(24)22-21/h2-9,12,19H,10-11,13-15H2,1H3,(H,22,24)/t19-,21+/m1/s1. The Labute approximate surface area is 153 Å². The molecule has 2 aliphatic rings. The molecule has 0 saturated carbocycles. The number of morpholine rings is 1. The second kappa shape index (κ2) is 7.09. The minimum absolute atomic E-state index is 0.0358. The van der Waals surface area contributed by atoms with Crippen molar-refractivity contribution in [1.82, 2.24) is 10.2 Å². The van der Waals surface area contributed by atoms with Crippen LogP contribution < -0.4 is 10.1 Å². The van der Waals surface area contributed by atoms with E-state index >= 15 is 0 Å². The van der Waals surface area contributed by atoms with E-state index in [0.29, 0.717) is 0 Å². The lowest BCUT2D eigenvalue weighted by Crippen LogP contribution is -2.66. The third kappa shape index (κ3) is 3.20. The molecule has 5 heteroatoms. The van der Waals surface area contributed by atoms with Crippen molar-refractivity contribution in [3.05, 3.63) is 65.7 Å². The molecule has 0 aromatic heterocycles. The van der Waals surface area contributed by atoms with Gasteiger partial charge in [-0.25, -0.2) is 0 Å². The Morgan fingerprint density at radius 3 is 2.88 bits per heavy atom. The molecule has 0 radical (unpaired) electrons. The number of benzene rings is 2. The number of piperidine rings is 1. The van der Waals surface area contributed by atoms with Crippen molar-refractivity contribution in [3.8, 4) is 5.75 Å². The molecule has 0 bridgehead atoms. The van der Waals surface area contributed by atoms with Crippen molar-refractivity contribution in [1.29, 1.82) is 0 Å². The predicted octanol–water partition coefficient (Wildman–Crippen LogP) is 2.31. The van der Waals surface area contributed by atoms with Gasteiger partial charge in [-0.1, -0.05) is 42.5 Å². The van der Waals surface area contributed by atoms with Crippen molar-refractivity contribution in [3.63, 3.8) is 0 Å². The molecule has 2 aromatic rings. The van der Waals surface area contributed by atoms with Gasteiger partial charge in [-0.15, -0.1) is 0 Å². The number of likely N-dealkylation sites (tertiary alicyclic amines) is 1. The Bertz CT molecular complexity index is 780. The molecule has 5 nitrogen and oxygen atoms in total. The van der Waals surface area contributed by atoms with E-state index in [0.717, 1.165) is 37.4 Å². The number of hydrogen-bond donors (Lipinski definition) is 1. The fourth-order valence-corrected chi connectivity index (χ4v) is 4.09. The Hall–Kier alpha value is -2.37. The van der Waals surface area contributed by atoms with Crippen molar-refractivity contribution >= 4 is 5.91 Å². The van der Waals surface area contributed by atoms with Gasteiger partial charge in [-0.05, 0) is 29.7 Å². The van der Waals surface area contributed by atoms with Gasteiger partial charge in [0, 0.05) is 19.6 Å². The maximum absolute atomic E-state index is 12.1. The molecule has 0 unspecified atom stereocenters. The van der Waals surface area contributed by atoms with Gasteiger partial charge in [-0.2, -0.15) is 0 Å². The lowest BCUT2D eigenvalue weighted by molar-refractivity contribution is -0.152. The van der Waals surface area contributed by atoms with E-state index in [4.69, 9.17) is 9.47 Å². The second-order valence-corrected chi connectivity index (χ2v) is 7.02. The molecule has 0 aliphatic carbocycles. The highest BCUT2D eigenvalue weighted by Crippen LogP contribution is 2.37. The lowest BCUT2D eigenvalue weighted by Gasteiger charge is -2.50. The maximum atomic E-state index is 12.1. The minimum atomic E-state index is -0.429. The Morgan fingerprint density at radius 1 is 1.23 bits per heavy atom. The molecule has 4 rings (SSSR count). The first-order chi connectivity index (χ1) is 12.7. The molecule has 1 amide bonds. The monoisotopic (exact) mass is 352 g/mol. The number of fused-ring (bicyclic) bond motifs is 1. The normalized spacial score (nSPS) is 26.0. The zero-order valence-electron chi connectivity index (χ0n) is 15.0. The second-order valence-electron chi connectivity index (χ2n) is 7.02. The molecule has 0 spiro atoms. The van der Waals surface area contributed by atoms with Crippen LogP contribution in [0.25, 0.3) is 0 Å². The highest BCUT2D eigenvalue weighted by Gasteiger charge is 2.48. The maximum Gasteiger partial charge on any atom is 0.246 e. The summed E-state index contributed by atoms with van der Waals surface area (Å²) in [6.45, 7) is 2.65. The molecule has 2 saturated heterocycles. The third-order valence-electron chi connectivity index (χ3n) is 5.40. The van der Waals surface area contributed by atoms with Crippen LogP contribution in [0.5, 0.6) is 5.75 Å². The molecular weight excluding hydrogens is 328 g/mol. The summed E-state index contributed by atoms with van der Waals surface area (Å²) in [5, 5.41) is 3.24. The third-order valence-corrected chi connectivity index (χ3v) is 5.40. The Morgan fingerprint density at radius 2 is 2.08 bits per heavy atom. The van der Waals surface area contributed by atoms with Crippen molar-refractivity contribution < 1.29 is 14.3 Å². The van der Waals surface area contributed by atoms with Gasteiger partial charge in [0.2, 0.25) is 5.91 Å². The quantitative estimate of drug-likeness (QED) is 0.917. The predicted molar refractivity (Wildman–Crippen MR) is 98.9 cm³/mol. The van der Waals surface area contributed by atoms with Crippen molar-refractivity contribution in [2.45, 2.75) is 24.6 Å². The van der Waals surface area contributed by atoms with E-state index in [1.807, 2.05) is 30.3 Å². The van der Waals surface area contributed by atoms with E-state index in [-0.39, 0.29) is 18.6 Å². The number of carbonyl (C=O) groups is 1. The van der Waals surface area contributed by atoms with Crippen molar-refractivity contribution in [2.24, 2.45) is 0 Å². The first kappa shape index (κ1) is 17.1. The van der Waals surface area contributed by atoms with Crippen molar-refractivity contribution in [2.75, 3.05) is 26.8 Å². The topological polar surface area (TPSA) is 50.8 Å². The number of carbonyl (C=O) groups excluding carboxylic acids is 1. The average Bonchev–Trinajstić information content (AvgIpc) is 2.69. The summed E-state index contributed by atoms with van der Waals surface area (Å²) in [7, 11) is 1.69. The zero-order chi connectivity index (χ0) is 18.0. The fourth-order valence-electron chi connectivity index (χ4n) is 4.09. The number of ether oxygens (including phenoxy) is 2. The number of hydrogen-bond acceptors (Lipinski definition) is 4. The summed E-state index contributed by atoms with van der Waals surface area (Å²) in [6, 6.07) is 18.4. The molecule has 2 aromatic carbocycles. The van der Waals surface area contributed by atoms with Gasteiger partial charge >= 0.3 is 0 Å². The summed E-state index contributed by atoms with van der Waals surface area (Å²) >= 11 is 0. The van der Waals surface area contributed by atoms with E-state index in [1.165, 1.54) is 5.56 Å². The van der Waals surface area contributed by atoms with Crippen LogP contribution in [0, 0.1) is 0 Å². The van der Waals surface area contributed by atoms with E-state index < -0.39 is 5.54 Å². The van der Waals surface area contributed by atoms with Gasteiger partial charge in [0.1, 0.15) is 12.4 Å². The number of rotatable bonds is 4. The van der Waals surface area contributed by atoms with Crippen LogP contribution in [0.1, 0.15) is 17.5 Å². The van der Waals surface area contributed by atoms with Crippen LogP contribution in [-0.2, 0) is 21.6 Å². The molecule has 136 valence electrons. The SMILES string of the molecule is COc1cccc(CN2CC[C@@]3(c4ccccc4)NC(=O)CO[C@@H]3C2)c1. The smallest absolute Gasteiger partial charge is 0.246 e. The van der Waals surface area contributed by atoms with Crippen LogP contribution in [0.3, 0.4) is 0 Å². The van der Waals surface area contributed by atoms with Crippen LogP contribution in [0.4, 0.5) is 0 Å². The Balaban J connectivity index is 1.54. The summed E-state index contributed by atoms with van der Waals surface area (Å²) in [5.74, 6) is 0.839. The number of amides is 1.